The molecule has 2 heterocycles. The van der Waals surface area contributed by atoms with Gasteiger partial charge in [0.05, 0.1) is 6.33 Å². The minimum atomic E-state index is -0.417. The Morgan fingerprint density at radius 3 is 2.67 bits per heavy atom. The lowest BCUT2D eigenvalue weighted by Gasteiger charge is -2.07. The van der Waals surface area contributed by atoms with Gasteiger partial charge < -0.3 is 9.84 Å². The molecule has 0 unspecified atom stereocenters. The van der Waals surface area contributed by atoms with E-state index in [9.17, 15) is 14.0 Å². The van der Waals surface area contributed by atoms with Gasteiger partial charge in [0, 0.05) is 24.2 Å². The third-order valence-corrected chi connectivity index (χ3v) is 4.81. The van der Waals surface area contributed by atoms with Gasteiger partial charge in [0.25, 0.3) is 11.1 Å². The van der Waals surface area contributed by atoms with Gasteiger partial charge in [-0.1, -0.05) is 41.1 Å². The van der Waals surface area contributed by atoms with Crippen molar-refractivity contribution < 1.29 is 13.7 Å². The number of aryl methyl sites for hydroxylation is 3. The Balaban J connectivity index is 1.50. The fourth-order valence-corrected chi connectivity index (χ4v) is 3.03. The molecule has 0 spiro atoms. The van der Waals surface area contributed by atoms with Crippen molar-refractivity contribution in [3.63, 3.8) is 0 Å². The summed E-state index contributed by atoms with van der Waals surface area (Å²) in [7, 11) is 0. The van der Waals surface area contributed by atoms with Crippen LogP contribution in [0.4, 0.5) is 10.1 Å². The second-order valence-corrected chi connectivity index (χ2v) is 7.08. The van der Waals surface area contributed by atoms with Crippen molar-refractivity contribution in [1.82, 2.24) is 14.7 Å². The van der Waals surface area contributed by atoms with Gasteiger partial charge in [0.15, 0.2) is 0 Å². The Bertz CT molecular complexity index is 1290. The topological polar surface area (TPSA) is 90.0 Å². The van der Waals surface area contributed by atoms with Crippen LogP contribution in [0.15, 0.2) is 58.1 Å². The molecule has 8 heteroatoms. The van der Waals surface area contributed by atoms with Crippen molar-refractivity contribution >= 4 is 22.7 Å². The van der Waals surface area contributed by atoms with Crippen molar-refractivity contribution in [3.8, 4) is 11.3 Å². The van der Waals surface area contributed by atoms with Crippen molar-refractivity contribution in [1.29, 1.82) is 0 Å². The number of nitrogens with zero attached hydrogens (tertiary/aromatic N) is 3. The lowest BCUT2D eigenvalue weighted by molar-refractivity contribution is -0.116. The first-order chi connectivity index (χ1) is 14.4. The summed E-state index contributed by atoms with van der Waals surface area (Å²) in [6, 6.07) is 12.1. The molecule has 0 aliphatic rings. The average Bonchev–Trinajstić information content (AvgIpc) is 3.16. The molecule has 7 nitrogen and oxygen atoms in total. The summed E-state index contributed by atoms with van der Waals surface area (Å²) in [5, 5.41) is 6.61. The normalized spacial score (nSPS) is 11.0. The number of hydrogen-bond donors (Lipinski definition) is 1. The second kappa shape index (κ2) is 7.90. The molecule has 4 rings (SSSR count). The number of fused-ring (bicyclic) bond motifs is 1. The Hall–Kier alpha value is -3.81. The molecular weight excluding hydrogens is 387 g/mol. The van der Waals surface area contributed by atoms with E-state index in [2.05, 4.69) is 15.5 Å². The van der Waals surface area contributed by atoms with Gasteiger partial charge in [-0.2, -0.15) is 0 Å². The number of hydrogen-bond acceptors (Lipinski definition) is 5. The molecule has 4 aromatic rings. The van der Waals surface area contributed by atoms with E-state index in [1.807, 2.05) is 31.2 Å². The number of benzene rings is 2. The number of carbonyl (C=O) groups excluding carboxylic acids is 1. The Kier molecular flexibility index (Phi) is 5.14. The number of halogens is 1. The number of aromatic nitrogens is 3. The molecule has 30 heavy (non-hydrogen) atoms. The van der Waals surface area contributed by atoms with Crippen LogP contribution in [-0.4, -0.2) is 20.6 Å². The van der Waals surface area contributed by atoms with Gasteiger partial charge in [-0.25, -0.2) is 9.37 Å². The zero-order valence-electron chi connectivity index (χ0n) is 16.5. The zero-order chi connectivity index (χ0) is 21.3. The predicted molar refractivity (Wildman–Crippen MR) is 111 cm³/mol. The van der Waals surface area contributed by atoms with Crippen LogP contribution in [0.5, 0.6) is 0 Å². The monoisotopic (exact) mass is 406 g/mol. The van der Waals surface area contributed by atoms with E-state index in [-0.39, 0.29) is 24.5 Å². The number of carbonyl (C=O) groups is 1. The molecule has 152 valence electrons. The Morgan fingerprint density at radius 1 is 1.17 bits per heavy atom. The molecule has 0 atom stereocenters. The smallest absolute Gasteiger partial charge is 0.299 e. The fourth-order valence-electron chi connectivity index (χ4n) is 3.03. The largest absolute Gasteiger partial charge is 0.348 e. The van der Waals surface area contributed by atoms with Crippen molar-refractivity contribution in [2.45, 2.75) is 26.8 Å². The predicted octanol–water partition coefficient (Wildman–Crippen LogP) is 3.84. The van der Waals surface area contributed by atoms with E-state index >= 15 is 0 Å². The van der Waals surface area contributed by atoms with Crippen LogP contribution in [0.2, 0.25) is 0 Å². The minimum absolute atomic E-state index is 0.0154. The molecule has 0 aliphatic carbocycles. The molecule has 0 bridgehead atoms. The van der Waals surface area contributed by atoms with Crippen molar-refractivity contribution in [2.75, 3.05) is 5.32 Å². The highest BCUT2D eigenvalue weighted by atomic mass is 19.1. The van der Waals surface area contributed by atoms with Gasteiger partial charge >= 0.3 is 0 Å². The van der Waals surface area contributed by atoms with Crippen LogP contribution in [0.25, 0.3) is 22.4 Å². The molecule has 0 saturated heterocycles. The number of nitrogens with one attached hydrogen (secondary N) is 1. The highest BCUT2D eigenvalue weighted by Gasteiger charge is 2.16. The summed E-state index contributed by atoms with van der Waals surface area (Å²) in [6.07, 6.45) is 1.39. The van der Waals surface area contributed by atoms with Gasteiger partial charge in [0.2, 0.25) is 5.91 Å². The van der Waals surface area contributed by atoms with Gasteiger partial charge in [0.1, 0.15) is 17.0 Å². The number of rotatable bonds is 5. The maximum Gasteiger partial charge on any atom is 0.299 e. The first-order valence-electron chi connectivity index (χ1n) is 9.40. The standard InChI is InChI=1S/C22H19FN4O3/c1-13-3-6-15(7-4-13)19-20-21(30-26-19)22(29)27(12-24-20)10-9-18(28)25-16-8-5-14(2)17(23)11-16/h3-8,11-12H,9-10H2,1-2H3,(H,25,28). The third kappa shape index (κ3) is 3.84. The Morgan fingerprint density at radius 2 is 1.93 bits per heavy atom. The van der Waals surface area contributed by atoms with E-state index < -0.39 is 11.4 Å². The van der Waals surface area contributed by atoms with Crippen LogP contribution in [-0.2, 0) is 11.3 Å². The van der Waals surface area contributed by atoms with Gasteiger partial charge in [-0.3, -0.25) is 14.2 Å². The van der Waals surface area contributed by atoms with Gasteiger partial charge in [-0.05, 0) is 31.5 Å². The summed E-state index contributed by atoms with van der Waals surface area (Å²) < 4.78 is 20.1. The highest BCUT2D eigenvalue weighted by molar-refractivity contribution is 5.90. The lowest BCUT2D eigenvalue weighted by atomic mass is 10.1. The zero-order valence-corrected chi connectivity index (χ0v) is 16.5. The maximum absolute atomic E-state index is 13.6. The van der Waals surface area contributed by atoms with Gasteiger partial charge in [-0.15, -0.1) is 0 Å². The summed E-state index contributed by atoms with van der Waals surface area (Å²) in [4.78, 5) is 29.2. The molecule has 0 fully saturated rings. The summed E-state index contributed by atoms with van der Waals surface area (Å²) in [5.41, 5.74) is 3.25. The quantitative estimate of drug-likeness (QED) is 0.544. The van der Waals surface area contributed by atoms with E-state index in [0.717, 1.165) is 11.1 Å². The molecule has 1 amide bonds. The van der Waals surface area contributed by atoms with Crippen molar-refractivity contribution in [3.05, 3.63) is 76.1 Å². The first kappa shape index (κ1) is 19.5. The fraction of sp³-hybridized carbons (Fsp3) is 0.182. The molecule has 1 N–H and O–H groups in total. The highest BCUT2D eigenvalue weighted by Crippen LogP contribution is 2.24. The lowest BCUT2D eigenvalue weighted by Crippen LogP contribution is -2.23. The van der Waals surface area contributed by atoms with Crippen molar-refractivity contribution in [2.24, 2.45) is 0 Å². The van der Waals surface area contributed by atoms with Crippen LogP contribution in [0.1, 0.15) is 17.5 Å². The molecule has 0 saturated carbocycles. The van der Waals surface area contributed by atoms with E-state index in [1.54, 1.807) is 19.1 Å². The summed E-state index contributed by atoms with van der Waals surface area (Å²) in [6.45, 7) is 3.72. The third-order valence-electron chi connectivity index (χ3n) is 4.81. The van der Waals surface area contributed by atoms with Crippen LogP contribution < -0.4 is 10.9 Å². The molecule has 2 aromatic heterocycles. The minimum Gasteiger partial charge on any atom is -0.348 e. The molecule has 0 radical (unpaired) electrons. The van der Waals surface area contributed by atoms with Crippen LogP contribution in [0, 0.1) is 19.7 Å². The van der Waals surface area contributed by atoms with E-state index in [4.69, 9.17) is 4.52 Å². The van der Waals surface area contributed by atoms with E-state index in [0.29, 0.717) is 22.5 Å². The first-order valence-corrected chi connectivity index (χ1v) is 9.40. The van der Waals surface area contributed by atoms with Crippen LogP contribution >= 0.6 is 0 Å². The number of anilines is 1. The average molecular weight is 406 g/mol. The van der Waals surface area contributed by atoms with E-state index in [1.165, 1.54) is 17.0 Å². The summed E-state index contributed by atoms with van der Waals surface area (Å²) in [5.74, 6) is -0.739. The Labute approximate surface area is 171 Å². The summed E-state index contributed by atoms with van der Waals surface area (Å²) >= 11 is 0. The molecule has 0 aliphatic heterocycles. The molecule has 2 aromatic carbocycles. The number of amides is 1. The maximum atomic E-state index is 13.6. The SMILES string of the molecule is Cc1ccc(-c2noc3c(=O)n(CCC(=O)Nc4ccc(C)c(F)c4)cnc23)cc1. The molecular formula is C22H19FN4O3. The second-order valence-electron chi connectivity index (χ2n) is 7.08. The van der Waals surface area contributed by atoms with Crippen LogP contribution in [0.3, 0.4) is 0 Å².